The molecule has 0 aromatic heterocycles. The van der Waals surface area contributed by atoms with E-state index in [2.05, 4.69) is 21.2 Å². The fraction of sp³-hybridized carbons (Fsp3) is 0.190. The normalized spacial score (nSPS) is 11.8. The van der Waals surface area contributed by atoms with Crippen molar-refractivity contribution in [3.8, 4) is 11.5 Å². The van der Waals surface area contributed by atoms with Crippen LogP contribution in [0.3, 0.4) is 0 Å². The molecular formula is C21H20BrNO3. The number of amides is 1. The van der Waals surface area contributed by atoms with Gasteiger partial charge in [0.1, 0.15) is 11.5 Å². The molecule has 26 heavy (non-hydrogen) atoms. The van der Waals surface area contributed by atoms with Crippen molar-refractivity contribution >= 4 is 32.6 Å². The zero-order valence-electron chi connectivity index (χ0n) is 14.7. The number of carbonyl (C=O) groups is 1. The van der Waals surface area contributed by atoms with E-state index in [-0.39, 0.29) is 18.6 Å². The van der Waals surface area contributed by atoms with Crippen LogP contribution < -0.4 is 14.8 Å². The molecule has 3 aromatic carbocycles. The predicted octanol–water partition coefficient (Wildman–Crippen LogP) is 4.87. The Morgan fingerprint density at radius 2 is 1.85 bits per heavy atom. The summed E-state index contributed by atoms with van der Waals surface area (Å²) in [6.45, 7) is 1.90. The Labute approximate surface area is 161 Å². The molecule has 1 amide bonds. The van der Waals surface area contributed by atoms with Crippen LogP contribution in [0.5, 0.6) is 11.5 Å². The summed E-state index contributed by atoms with van der Waals surface area (Å²) in [5, 5.41) is 5.17. The highest BCUT2D eigenvalue weighted by Gasteiger charge is 2.12. The molecule has 0 saturated carbocycles. The van der Waals surface area contributed by atoms with E-state index in [0.717, 1.165) is 26.6 Å². The van der Waals surface area contributed by atoms with Gasteiger partial charge in [0.2, 0.25) is 0 Å². The van der Waals surface area contributed by atoms with Gasteiger partial charge in [-0.05, 0) is 63.5 Å². The molecular weight excluding hydrogens is 394 g/mol. The van der Waals surface area contributed by atoms with E-state index < -0.39 is 0 Å². The maximum Gasteiger partial charge on any atom is 0.258 e. The second kappa shape index (κ2) is 8.23. The topological polar surface area (TPSA) is 47.6 Å². The van der Waals surface area contributed by atoms with Crippen LogP contribution in [-0.2, 0) is 4.79 Å². The molecule has 0 spiro atoms. The number of rotatable bonds is 6. The van der Waals surface area contributed by atoms with Gasteiger partial charge in [-0.25, -0.2) is 0 Å². The quantitative estimate of drug-likeness (QED) is 0.626. The van der Waals surface area contributed by atoms with Crippen LogP contribution >= 0.6 is 15.9 Å². The Bertz CT molecular complexity index is 926. The molecule has 0 aliphatic heterocycles. The standard InChI is InChI=1S/C21H20BrNO3/c1-14(16-8-10-20(25-2)19(22)12-16)23-21(24)13-26-18-9-7-15-5-3-4-6-17(15)11-18/h3-12,14H,13H2,1-2H3,(H,23,24)/t14-/m1/s1. The van der Waals surface area contributed by atoms with E-state index in [1.807, 2.05) is 67.6 Å². The SMILES string of the molecule is COc1ccc([C@@H](C)NC(=O)COc2ccc3ccccc3c2)cc1Br. The summed E-state index contributed by atoms with van der Waals surface area (Å²) in [4.78, 5) is 12.2. The predicted molar refractivity (Wildman–Crippen MR) is 107 cm³/mol. The average Bonchev–Trinajstić information content (AvgIpc) is 2.66. The van der Waals surface area contributed by atoms with Gasteiger partial charge in [-0.1, -0.05) is 36.4 Å². The van der Waals surface area contributed by atoms with Crippen LogP contribution in [-0.4, -0.2) is 19.6 Å². The van der Waals surface area contributed by atoms with Gasteiger partial charge in [-0.3, -0.25) is 4.79 Å². The molecule has 0 radical (unpaired) electrons. The minimum atomic E-state index is -0.169. The van der Waals surface area contributed by atoms with E-state index >= 15 is 0 Å². The van der Waals surface area contributed by atoms with E-state index in [9.17, 15) is 4.79 Å². The van der Waals surface area contributed by atoms with Gasteiger partial charge in [-0.2, -0.15) is 0 Å². The number of benzene rings is 3. The first-order chi connectivity index (χ1) is 12.6. The van der Waals surface area contributed by atoms with E-state index in [1.54, 1.807) is 7.11 Å². The van der Waals surface area contributed by atoms with Crippen LogP contribution in [0.4, 0.5) is 0 Å². The second-order valence-corrected chi connectivity index (χ2v) is 6.84. The van der Waals surface area contributed by atoms with Crippen LogP contribution in [0.2, 0.25) is 0 Å². The highest BCUT2D eigenvalue weighted by molar-refractivity contribution is 9.10. The number of hydrogen-bond acceptors (Lipinski definition) is 3. The lowest BCUT2D eigenvalue weighted by Gasteiger charge is -2.16. The smallest absolute Gasteiger partial charge is 0.258 e. The zero-order valence-corrected chi connectivity index (χ0v) is 16.2. The Morgan fingerprint density at radius 3 is 2.58 bits per heavy atom. The molecule has 4 nitrogen and oxygen atoms in total. The third-order valence-electron chi connectivity index (χ3n) is 4.14. The van der Waals surface area contributed by atoms with Crippen molar-refractivity contribution in [3.05, 3.63) is 70.7 Å². The number of fused-ring (bicyclic) bond motifs is 1. The first-order valence-corrected chi connectivity index (χ1v) is 9.10. The maximum absolute atomic E-state index is 12.2. The molecule has 0 saturated heterocycles. The summed E-state index contributed by atoms with van der Waals surface area (Å²) in [6, 6.07) is 19.4. The van der Waals surface area contributed by atoms with Gasteiger partial charge in [0.15, 0.2) is 6.61 Å². The Balaban J connectivity index is 1.58. The Hall–Kier alpha value is -2.53. The summed E-state index contributed by atoms with van der Waals surface area (Å²) in [7, 11) is 1.62. The number of nitrogens with one attached hydrogen (secondary N) is 1. The van der Waals surface area contributed by atoms with Crippen LogP contribution in [0.25, 0.3) is 10.8 Å². The highest BCUT2D eigenvalue weighted by atomic mass is 79.9. The van der Waals surface area contributed by atoms with Crippen molar-refractivity contribution in [1.29, 1.82) is 0 Å². The highest BCUT2D eigenvalue weighted by Crippen LogP contribution is 2.28. The molecule has 0 aliphatic carbocycles. The van der Waals surface area contributed by atoms with Crippen molar-refractivity contribution < 1.29 is 14.3 Å². The summed E-state index contributed by atoms with van der Waals surface area (Å²) in [6.07, 6.45) is 0. The number of ether oxygens (including phenoxy) is 2. The lowest BCUT2D eigenvalue weighted by atomic mass is 10.1. The maximum atomic E-state index is 12.2. The van der Waals surface area contributed by atoms with Crippen molar-refractivity contribution in [1.82, 2.24) is 5.32 Å². The molecule has 3 aromatic rings. The first kappa shape index (κ1) is 18.3. The fourth-order valence-corrected chi connectivity index (χ4v) is 3.28. The summed E-state index contributed by atoms with van der Waals surface area (Å²) < 4.78 is 11.7. The lowest BCUT2D eigenvalue weighted by molar-refractivity contribution is -0.123. The van der Waals surface area contributed by atoms with Gasteiger partial charge in [-0.15, -0.1) is 0 Å². The van der Waals surface area contributed by atoms with E-state index in [4.69, 9.17) is 9.47 Å². The Kier molecular flexibility index (Phi) is 5.78. The number of carbonyl (C=O) groups excluding carboxylic acids is 1. The van der Waals surface area contributed by atoms with Gasteiger partial charge >= 0.3 is 0 Å². The van der Waals surface area contributed by atoms with E-state index in [0.29, 0.717) is 5.75 Å². The third-order valence-corrected chi connectivity index (χ3v) is 4.76. The van der Waals surface area contributed by atoms with Crippen molar-refractivity contribution in [2.24, 2.45) is 0 Å². The van der Waals surface area contributed by atoms with Crippen LogP contribution in [0.1, 0.15) is 18.5 Å². The molecule has 5 heteroatoms. The monoisotopic (exact) mass is 413 g/mol. The molecule has 3 rings (SSSR count). The number of hydrogen-bond donors (Lipinski definition) is 1. The van der Waals surface area contributed by atoms with Crippen LogP contribution in [0.15, 0.2) is 65.1 Å². The summed E-state index contributed by atoms with van der Waals surface area (Å²) >= 11 is 3.46. The largest absolute Gasteiger partial charge is 0.496 e. The number of methoxy groups -OCH3 is 1. The first-order valence-electron chi connectivity index (χ1n) is 8.31. The van der Waals surface area contributed by atoms with Crippen molar-refractivity contribution in [2.75, 3.05) is 13.7 Å². The summed E-state index contributed by atoms with van der Waals surface area (Å²) in [5.74, 6) is 1.27. The van der Waals surface area contributed by atoms with Gasteiger partial charge in [0, 0.05) is 0 Å². The zero-order chi connectivity index (χ0) is 18.5. The molecule has 0 aliphatic rings. The minimum absolute atomic E-state index is 0.0278. The summed E-state index contributed by atoms with van der Waals surface area (Å²) in [5.41, 5.74) is 0.983. The van der Waals surface area contributed by atoms with Gasteiger partial charge < -0.3 is 14.8 Å². The molecule has 134 valence electrons. The Morgan fingerprint density at radius 1 is 1.08 bits per heavy atom. The third kappa shape index (κ3) is 4.35. The van der Waals surface area contributed by atoms with Crippen LogP contribution in [0, 0.1) is 0 Å². The molecule has 1 atom stereocenters. The van der Waals surface area contributed by atoms with Gasteiger partial charge in [0.05, 0.1) is 17.6 Å². The van der Waals surface area contributed by atoms with Crippen molar-refractivity contribution in [3.63, 3.8) is 0 Å². The van der Waals surface area contributed by atoms with E-state index in [1.165, 1.54) is 0 Å². The van der Waals surface area contributed by atoms with Crippen molar-refractivity contribution in [2.45, 2.75) is 13.0 Å². The second-order valence-electron chi connectivity index (χ2n) is 5.98. The van der Waals surface area contributed by atoms with Gasteiger partial charge in [0.25, 0.3) is 5.91 Å². The molecule has 0 fully saturated rings. The molecule has 1 N–H and O–H groups in total. The molecule has 0 heterocycles. The average molecular weight is 414 g/mol. The fourth-order valence-electron chi connectivity index (χ4n) is 2.72. The molecule has 0 bridgehead atoms. The molecule has 0 unspecified atom stereocenters. The lowest BCUT2D eigenvalue weighted by Crippen LogP contribution is -2.31. The minimum Gasteiger partial charge on any atom is -0.496 e. The number of halogens is 1.